The number of sulfonamides is 1. The zero-order valence-corrected chi connectivity index (χ0v) is 11.9. The molecule has 0 spiro atoms. The number of hydrogen-bond acceptors (Lipinski definition) is 5. The second-order valence-electron chi connectivity index (χ2n) is 3.55. The molecule has 1 heterocycles. The zero-order valence-electron chi connectivity index (χ0n) is 10.3. The Morgan fingerprint density at radius 1 is 1.59 bits per heavy atom. The Hall–Kier alpha value is -0.730. The normalized spacial score (nSPS) is 12.2. The highest BCUT2D eigenvalue weighted by Gasteiger charge is 2.25. The third kappa shape index (κ3) is 3.14. The van der Waals surface area contributed by atoms with Gasteiger partial charge in [0.05, 0.1) is 0 Å². The highest BCUT2D eigenvalue weighted by atomic mass is 32.2. The summed E-state index contributed by atoms with van der Waals surface area (Å²) < 4.78 is 27.2. The molecule has 0 aromatic carbocycles. The first-order valence-corrected chi connectivity index (χ1v) is 8.05. The lowest BCUT2D eigenvalue weighted by Gasteiger charge is -2.15. The molecule has 0 bridgehead atoms. The van der Waals surface area contributed by atoms with Crippen molar-refractivity contribution in [3.05, 3.63) is 6.20 Å². The van der Waals surface area contributed by atoms with Crippen molar-refractivity contribution in [3.8, 4) is 0 Å². The number of nitrogen functional groups attached to an aromatic ring is 1. The highest BCUT2D eigenvalue weighted by Crippen LogP contribution is 2.20. The van der Waals surface area contributed by atoms with Crippen LogP contribution in [0, 0.1) is 0 Å². The maximum Gasteiger partial charge on any atom is 0.248 e. The van der Waals surface area contributed by atoms with Gasteiger partial charge in [0.25, 0.3) is 0 Å². The van der Waals surface area contributed by atoms with Crippen molar-refractivity contribution in [2.45, 2.75) is 18.4 Å². The van der Waals surface area contributed by atoms with Crippen LogP contribution >= 0.6 is 11.8 Å². The molecular formula is C9H18N4O2S2. The minimum absolute atomic E-state index is 0.0582. The maximum atomic E-state index is 12.2. The predicted octanol–water partition coefficient (Wildman–Crippen LogP) is 0.469. The van der Waals surface area contributed by atoms with Gasteiger partial charge in [-0.05, 0) is 13.2 Å². The molecule has 0 atom stereocenters. The van der Waals surface area contributed by atoms with Gasteiger partial charge in [-0.15, -0.1) is 0 Å². The minimum Gasteiger partial charge on any atom is -0.381 e. The molecule has 1 rings (SSSR count). The lowest BCUT2D eigenvalue weighted by atomic mass is 10.6. The Morgan fingerprint density at radius 2 is 2.24 bits per heavy atom. The summed E-state index contributed by atoms with van der Waals surface area (Å²) >= 11 is 1.60. The molecule has 1 aromatic rings. The molecule has 0 unspecified atom stereocenters. The summed E-state index contributed by atoms with van der Waals surface area (Å²) in [6.45, 7) is 2.93. The third-order valence-electron chi connectivity index (χ3n) is 2.38. The first-order chi connectivity index (χ1) is 7.93. The van der Waals surface area contributed by atoms with Gasteiger partial charge in [0.2, 0.25) is 10.0 Å². The summed E-state index contributed by atoms with van der Waals surface area (Å²) in [5, 5.41) is 3.94. The van der Waals surface area contributed by atoms with Gasteiger partial charge in [-0.1, -0.05) is 0 Å². The van der Waals surface area contributed by atoms with Crippen molar-refractivity contribution in [2.75, 3.05) is 31.3 Å². The number of hydrogen-bond donors (Lipinski definition) is 1. The number of aryl methyl sites for hydroxylation is 1. The van der Waals surface area contributed by atoms with Crippen LogP contribution in [0.15, 0.2) is 11.1 Å². The van der Waals surface area contributed by atoms with E-state index in [-0.39, 0.29) is 10.7 Å². The number of nitrogens with zero attached hydrogens (tertiary/aromatic N) is 3. The Kier molecular flexibility index (Phi) is 4.84. The summed E-state index contributed by atoms with van der Waals surface area (Å²) in [5.74, 6) is 0.806. The molecule has 2 N–H and O–H groups in total. The average Bonchev–Trinajstić information content (AvgIpc) is 2.67. The van der Waals surface area contributed by atoms with Crippen molar-refractivity contribution in [1.29, 1.82) is 0 Å². The second-order valence-corrected chi connectivity index (χ2v) is 6.55. The standard InChI is InChI=1S/C9H18N4O2S2/c1-4-13-7-8(9(10)11-13)17(14,15)12(2)5-6-16-3/h7H,4-6H2,1-3H3,(H2,10,11). The molecule has 0 saturated heterocycles. The van der Waals surface area contributed by atoms with Gasteiger partial charge in [-0.25, -0.2) is 8.42 Å². The number of nitrogens with two attached hydrogens (primary N) is 1. The van der Waals surface area contributed by atoms with E-state index in [1.807, 2.05) is 13.2 Å². The van der Waals surface area contributed by atoms with E-state index in [0.29, 0.717) is 13.1 Å². The average molecular weight is 278 g/mol. The molecule has 0 radical (unpaired) electrons. The molecule has 1 aromatic heterocycles. The Labute approximate surface area is 106 Å². The molecule has 0 aliphatic rings. The van der Waals surface area contributed by atoms with Crippen molar-refractivity contribution < 1.29 is 8.42 Å². The van der Waals surface area contributed by atoms with Gasteiger partial charge in [0.1, 0.15) is 4.90 Å². The SMILES string of the molecule is CCn1cc(S(=O)(=O)N(C)CCSC)c(N)n1. The van der Waals surface area contributed by atoms with E-state index < -0.39 is 10.0 Å². The first kappa shape index (κ1) is 14.3. The molecule has 17 heavy (non-hydrogen) atoms. The van der Waals surface area contributed by atoms with E-state index in [9.17, 15) is 8.42 Å². The van der Waals surface area contributed by atoms with E-state index in [0.717, 1.165) is 5.75 Å². The fourth-order valence-corrected chi connectivity index (χ4v) is 3.09. The van der Waals surface area contributed by atoms with Gasteiger partial charge < -0.3 is 5.73 Å². The lowest BCUT2D eigenvalue weighted by molar-refractivity contribution is 0.489. The van der Waals surface area contributed by atoms with Crippen molar-refractivity contribution in [3.63, 3.8) is 0 Å². The van der Waals surface area contributed by atoms with Crippen LogP contribution in [-0.4, -0.2) is 48.1 Å². The highest BCUT2D eigenvalue weighted by molar-refractivity contribution is 7.98. The lowest BCUT2D eigenvalue weighted by Crippen LogP contribution is -2.29. The molecule has 98 valence electrons. The molecule has 6 nitrogen and oxygen atoms in total. The summed E-state index contributed by atoms with van der Waals surface area (Å²) in [5.41, 5.74) is 5.63. The van der Waals surface area contributed by atoms with Crippen LogP contribution in [0.5, 0.6) is 0 Å². The van der Waals surface area contributed by atoms with Crippen LogP contribution in [0.1, 0.15) is 6.92 Å². The first-order valence-electron chi connectivity index (χ1n) is 5.21. The number of aromatic nitrogens is 2. The molecule has 0 aliphatic carbocycles. The Balaban J connectivity index is 2.99. The van der Waals surface area contributed by atoms with E-state index in [4.69, 9.17) is 5.73 Å². The molecule has 0 saturated carbocycles. The monoisotopic (exact) mass is 278 g/mol. The fourth-order valence-electron chi connectivity index (χ4n) is 1.29. The second kappa shape index (κ2) is 5.74. The van der Waals surface area contributed by atoms with Gasteiger partial charge in [0.15, 0.2) is 5.82 Å². The smallest absolute Gasteiger partial charge is 0.248 e. The van der Waals surface area contributed by atoms with E-state index in [2.05, 4.69) is 5.10 Å². The number of rotatable bonds is 6. The van der Waals surface area contributed by atoms with Crippen LogP contribution in [-0.2, 0) is 16.6 Å². The zero-order chi connectivity index (χ0) is 13.1. The van der Waals surface area contributed by atoms with Gasteiger partial charge in [-0.2, -0.15) is 21.2 Å². The predicted molar refractivity (Wildman–Crippen MR) is 70.5 cm³/mol. The third-order valence-corrected chi connectivity index (χ3v) is 4.84. The molecule has 0 amide bonds. The van der Waals surface area contributed by atoms with Crippen LogP contribution in [0.3, 0.4) is 0 Å². The van der Waals surface area contributed by atoms with E-state index in [1.54, 1.807) is 18.8 Å². The summed E-state index contributed by atoms with van der Waals surface area (Å²) in [6, 6.07) is 0. The summed E-state index contributed by atoms with van der Waals surface area (Å²) in [4.78, 5) is 0.0861. The minimum atomic E-state index is -3.52. The maximum absolute atomic E-state index is 12.2. The van der Waals surface area contributed by atoms with E-state index in [1.165, 1.54) is 15.2 Å². The van der Waals surface area contributed by atoms with Crippen LogP contribution in [0.2, 0.25) is 0 Å². The molecule has 0 fully saturated rings. The van der Waals surface area contributed by atoms with Crippen molar-refractivity contribution in [1.82, 2.24) is 14.1 Å². The van der Waals surface area contributed by atoms with Gasteiger partial charge in [0, 0.05) is 32.1 Å². The Bertz CT molecular complexity index is 469. The van der Waals surface area contributed by atoms with Crippen molar-refractivity contribution in [2.24, 2.45) is 0 Å². The fraction of sp³-hybridized carbons (Fsp3) is 0.667. The summed E-state index contributed by atoms with van der Waals surface area (Å²) in [7, 11) is -1.97. The molecule has 8 heteroatoms. The number of thioether (sulfide) groups is 1. The van der Waals surface area contributed by atoms with Crippen LogP contribution < -0.4 is 5.73 Å². The Morgan fingerprint density at radius 3 is 2.71 bits per heavy atom. The van der Waals surface area contributed by atoms with E-state index >= 15 is 0 Å². The topological polar surface area (TPSA) is 81.2 Å². The van der Waals surface area contributed by atoms with Gasteiger partial charge >= 0.3 is 0 Å². The molecular weight excluding hydrogens is 260 g/mol. The largest absolute Gasteiger partial charge is 0.381 e. The number of anilines is 1. The quantitative estimate of drug-likeness (QED) is 0.818. The van der Waals surface area contributed by atoms with Crippen LogP contribution in [0.25, 0.3) is 0 Å². The summed E-state index contributed by atoms with van der Waals surface area (Å²) in [6.07, 6.45) is 3.41. The van der Waals surface area contributed by atoms with Crippen LogP contribution in [0.4, 0.5) is 5.82 Å². The molecule has 0 aliphatic heterocycles. The van der Waals surface area contributed by atoms with Crippen molar-refractivity contribution >= 4 is 27.6 Å². The van der Waals surface area contributed by atoms with Gasteiger partial charge in [-0.3, -0.25) is 4.68 Å².